The number of aliphatic hydroxyl groups excluding tert-OH is 1. The molecule has 3 N–H and O–H groups in total. The molecule has 1 rings (SSSR count). The van der Waals surface area contributed by atoms with E-state index < -0.39 is 6.10 Å². The Morgan fingerprint density at radius 3 is 2.56 bits per heavy atom. The second kappa shape index (κ2) is 7.12. The molecule has 0 heterocycles. The molecule has 0 aliphatic rings. The first kappa shape index (κ1) is 15.5. The topological polar surface area (TPSA) is 55.5 Å². The Balaban J connectivity index is 2.96. The molecule has 0 amide bonds. The molecule has 2 atom stereocenters. The van der Waals surface area contributed by atoms with E-state index in [-0.39, 0.29) is 5.92 Å². The van der Waals surface area contributed by atoms with Crippen LogP contribution in [-0.2, 0) is 0 Å². The maximum absolute atomic E-state index is 10.5. The van der Waals surface area contributed by atoms with E-state index in [0.29, 0.717) is 12.5 Å². The van der Waals surface area contributed by atoms with E-state index in [1.54, 1.807) is 7.11 Å². The molecule has 102 valence electrons. The molecule has 1 aromatic rings. The first-order chi connectivity index (χ1) is 8.49. The van der Waals surface area contributed by atoms with Gasteiger partial charge in [0.05, 0.1) is 13.2 Å². The minimum Gasteiger partial charge on any atom is -0.497 e. The normalized spacial score (nSPS) is 14.6. The lowest BCUT2D eigenvalue weighted by atomic mass is 9.88. The van der Waals surface area contributed by atoms with E-state index in [9.17, 15) is 5.11 Å². The molecule has 0 aromatic heterocycles. The van der Waals surface area contributed by atoms with Crippen LogP contribution in [0.3, 0.4) is 0 Å². The minimum atomic E-state index is -0.568. The van der Waals surface area contributed by atoms with Crippen LogP contribution in [0.4, 0.5) is 0 Å². The maximum atomic E-state index is 10.5. The number of methoxy groups -OCH3 is 1. The van der Waals surface area contributed by atoms with Gasteiger partial charge in [-0.3, -0.25) is 0 Å². The summed E-state index contributed by atoms with van der Waals surface area (Å²) in [6.07, 6.45) is 0.336. The fraction of sp³-hybridized carbons (Fsp3) is 0.571. The number of nitrogens with two attached hydrogens (primary N) is 1. The van der Waals surface area contributed by atoms with Crippen LogP contribution in [0.2, 0.25) is 0 Å². The van der Waals surface area contributed by atoms with Gasteiger partial charge in [0.2, 0.25) is 0 Å². The van der Waals surface area contributed by atoms with Gasteiger partial charge < -0.3 is 15.6 Å². The first-order valence-electron chi connectivity index (χ1n) is 6.21. The zero-order valence-electron chi connectivity index (χ0n) is 11.2. The number of rotatable bonds is 6. The van der Waals surface area contributed by atoms with Gasteiger partial charge in [0.1, 0.15) is 5.75 Å². The summed E-state index contributed by atoms with van der Waals surface area (Å²) in [7, 11) is 1.62. The highest BCUT2D eigenvalue weighted by Crippen LogP contribution is 2.33. The van der Waals surface area contributed by atoms with Crippen molar-refractivity contribution in [1.29, 1.82) is 0 Å². The van der Waals surface area contributed by atoms with Crippen LogP contribution in [0.1, 0.15) is 31.9 Å². The van der Waals surface area contributed by atoms with E-state index in [2.05, 4.69) is 29.8 Å². The minimum absolute atomic E-state index is 0.0633. The van der Waals surface area contributed by atoms with Crippen molar-refractivity contribution in [3.63, 3.8) is 0 Å². The van der Waals surface area contributed by atoms with Gasteiger partial charge >= 0.3 is 0 Å². The SMILES string of the molecule is COc1ccc(Br)c(C(O)C(CN)CC(C)C)c1. The molecule has 0 bridgehead atoms. The monoisotopic (exact) mass is 315 g/mol. The van der Waals surface area contributed by atoms with Crippen LogP contribution >= 0.6 is 15.9 Å². The number of hydrogen-bond acceptors (Lipinski definition) is 3. The number of benzene rings is 1. The Hall–Kier alpha value is -0.580. The molecule has 0 saturated heterocycles. The van der Waals surface area contributed by atoms with E-state index in [4.69, 9.17) is 10.5 Å². The van der Waals surface area contributed by atoms with E-state index >= 15 is 0 Å². The molecular formula is C14H22BrNO2. The van der Waals surface area contributed by atoms with Crippen molar-refractivity contribution in [3.8, 4) is 5.75 Å². The fourth-order valence-corrected chi connectivity index (χ4v) is 2.57. The van der Waals surface area contributed by atoms with Crippen molar-refractivity contribution in [1.82, 2.24) is 0 Å². The Morgan fingerprint density at radius 1 is 1.39 bits per heavy atom. The summed E-state index contributed by atoms with van der Waals surface area (Å²) < 4.78 is 6.08. The van der Waals surface area contributed by atoms with Gasteiger partial charge in [0.15, 0.2) is 0 Å². The number of ether oxygens (including phenoxy) is 1. The molecule has 0 spiro atoms. The highest BCUT2D eigenvalue weighted by Gasteiger charge is 2.23. The molecule has 2 unspecified atom stereocenters. The van der Waals surface area contributed by atoms with Gasteiger partial charge in [-0.2, -0.15) is 0 Å². The average molecular weight is 316 g/mol. The molecule has 18 heavy (non-hydrogen) atoms. The Bertz CT molecular complexity index is 382. The van der Waals surface area contributed by atoms with Gasteiger partial charge in [-0.05, 0) is 42.6 Å². The largest absolute Gasteiger partial charge is 0.497 e. The van der Waals surface area contributed by atoms with Crippen molar-refractivity contribution in [2.75, 3.05) is 13.7 Å². The maximum Gasteiger partial charge on any atom is 0.119 e. The molecule has 3 nitrogen and oxygen atoms in total. The molecule has 0 aliphatic heterocycles. The summed E-state index contributed by atoms with van der Waals surface area (Å²) >= 11 is 3.47. The zero-order chi connectivity index (χ0) is 13.7. The Morgan fingerprint density at radius 2 is 2.06 bits per heavy atom. The molecule has 1 aromatic carbocycles. The summed E-state index contributed by atoms with van der Waals surface area (Å²) in [6.45, 7) is 4.75. The quantitative estimate of drug-likeness (QED) is 0.848. The van der Waals surface area contributed by atoms with Gasteiger partial charge in [-0.25, -0.2) is 0 Å². The smallest absolute Gasteiger partial charge is 0.119 e. The van der Waals surface area contributed by atoms with E-state index in [1.807, 2.05) is 18.2 Å². The lowest BCUT2D eigenvalue weighted by molar-refractivity contribution is 0.0986. The lowest BCUT2D eigenvalue weighted by Gasteiger charge is -2.24. The van der Waals surface area contributed by atoms with E-state index in [1.165, 1.54) is 0 Å². The standard InChI is InChI=1S/C14H22BrNO2/c1-9(2)6-10(8-16)14(17)12-7-11(18-3)4-5-13(12)15/h4-5,7,9-10,14,17H,6,8,16H2,1-3H3. The fourth-order valence-electron chi connectivity index (χ4n) is 2.09. The van der Waals surface area contributed by atoms with Gasteiger partial charge in [0.25, 0.3) is 0 Å². The Labute approximate surface area is 117 Å². The summed E-state index contributed by atoms with van der Waals surface area (Å²) in [5.41, 5.74) is 6.61. The Kier molecular flexibility index (Phi) is 6.12. The number of hydrogen-bond donors (Lipinski definition) is 2. The summed E-state index contributed by atoms with van der Waals surface area (Å²) in [4.78, 5) is 0. The summed E-state index contributed by atoms with van der Waals surface area (Å²) in [5.74, 6) is 1.32. The van der Waals surface area contributed by atoms with Crippen LogP contribution in [0.5, 0.6) is 5.75 Å². The van der Waals surface area contributed by atoms with Crippen molar-refractivity contribution >= 4 is 15.9 Å². The second-order valence-electron chi connectivity index (χ2n) is 4.96. The van der Waals surface area contributed by atoms with Crippen molar-refractivity contribution in [2.24, 2.45) is 17.6 Å². The number of halogens is 1. The first-order valence-corrected chi connectivity index (χ1v) is 7.00. The van der Waals surface area contributed by atoms with Crippen LogP contribution < -0.4 is 10.5 Å². The molecular weight excluding hydrogens is 294 g/mol. The molecule has 0 aliphatic carbocycles. The van der Waals surface area contributed by atoms with Crippen molar-refractivity contribution in [3.05, 3.63) is 28.2 Å². The lowest BCUT2D eigenvalue weighted by Crippen LogP contribution is -2.24. The highest BCUT2D eigenvalue weighted by atomic mass is 79.9. The predicted octanol–water partition coefficient (Wildman–Crippen LogP) is 3.11. The summed E-state index contributed by atoms with van der Waals surface area (Å²) in [5, 5.41) is 10.5. The van der Waals surface area contributed by atoms with E-state index in [0.717, 1.165) is 22.2 Å². The average Bonchev–Trinajstić information content (AvgIpc) is 2.35. The number of aliphatic hydroxyl groups is 1. The van der Waals surface area contributed by atoms with Crippen molar-refractivity contribution < 1.29 is 9.84 Å². The second-order valence-corrected chi connectivity index (χ2v) is 5.81. The third-order valence-corrected chi connectivity index (χ3v) is 3.77. The zero-order valence-corrected chi connectivity index (χ0v) is 12.8. The van der Waals surface area contributed by atoms with Crippen molar-refractivity contribution in [2.45, 2.75) is 26.4 Å². The third-order valence-electron chi connectivity index (χ3n) is 3.05. The molecule has 4 heteroatoms. The molecule has 0 saturated carbocycles. The van der Waals surface area contributed by atoms with Crippen LogP contribution in [0.15, 0.2) is 22.7 Å². The predicted molar refractivity (Wildman–Crippen MR) is 77.7 cm³/mol. The molecule has 0 radical (unpaired) electrons. The van der Waals surface area contributed by atoms with Gasteiger partial charge in [-0.15, -0.1) is 0 Å². The van der Waals surface area contributed by atoms with Gasteiger partial charge in [-0.1, -0.05) is 29.8 Å². The van der Waals surface area contributed by atoms with Crippen LogP contribution in [0, 0.1) is 11.8 Å². The van der Waals surface area contributed by atoms with Crippen LogP contribution in [-0.4, -0.2) is 18.8 Å². The third kappa shape index (κ3) is 3.97. The van der Waals surface area contributed by atoms with Gasteiger partial charge in [0, 0.05) is 10.4 Å². The summed E-state index contributed by atoms with van der Waals surface area (Å²) in [6, 6.07) is 5.61. The highest BCUT2D eigenvalue weighted by molar-refractivity contribution is 9.10. The van der Waals surface area contributed by atoms with Crippen LogP contribution in [0.25, 0.3) is 0 Å². The molecule has 0 fully saturated rings.